The van der Waals surface area contributed by atoms with Gasteiger partial charge in [-0.15, -0.1) is 0 Å². The van der Waals surface area contributed by atoms with Gasteiger partial charge in [0.15, 0.2) is 6.19 Å². The summed E-state index contributed by atoms with van der Waals surface area (Å²) in [6, 6.07) is 8.87. The minimum atomic E-state index is -0.388. The first-order valence-corrected chi connectivity index (χ1v) is 10.3. The van der Waals surface area contributed by atoms with Gasteiger partial charge in [0.05, 0.1) is 35.2 Å². The molecule has 0 aromatic carbocycles. The van der Waals surface area contributed by atoms with Gasteiger partial charge in [0.1, 0.15) is 5.82 Å². The molecule has 0 spiro atoms. The summed E-state index contributed by atoms with van der Waals surface area (Å²) in [5.74, 6) is 0.917. The van der Waals surface area contributed by atoms with Gasteiger partial charge in [-0.05, 0) is 50.7 Å². The number of carbonyl (C=O) groups is 1. The van der Waals surface area contributed by atoms with Crippen molar-refractivity contribution >= 4 is 11.7 Å². The Morgan fingerprint density at radius 1 is 1.25 bits per heavy atom. The highest BCUT2D eigenvalue weighted by atomic mass is 16.2. The molecule has 3 aliphatic heterocycles. The van der Waals surface area contributed by atoms with Crippen molar-refractivity contribution < 1.29 is 4.79 Å². The van der Waals surface area contributed by atoms with Crippen LogP contribution in [0.1, 0.15) is 44.2 Å². The summed E-state index contributed by atoms with van der Waals surface area (Å²) in [5, 5.41) is 21.9. The van der Waals surface area contributed by atoms with E-state index in [1.54, 1.807) is 0 Å². The fourth-order valence-corrected chi connectivity index (χ4v) is 5.20. The van der Waals surface area contributed by atoms with Gasteiger partial charge in [0.2, 0.25) is 5.91 Å². The highest BCUT2D eigenvalue weighted by Gasteiger charge is 2.48. The summed E-state index contributed by atoms with van der Waals surface area (Å²) in [6.45, 7) is 1.46. The molecule has 1 unspecified atom stereocenters. The Labute approximate surface area is 164 Å². The van der Waals surface area contributed by atoms with Crippen LogP contribution in [0.4, 0.5) is 5.82 Å². The summed E-state index contributed by atoms with van der Waals surface area (Å²) in [6.07, 6.45) is 7.82. The first-order valence-electron chi connectivity index (χ1n) is 10.3. The topological polar surface area (TPSA) is 96.0 Å². The number of aromatic nitrogens is 1. The Balaban J connectivity index is 1.22. The molecule has 7 heteroatoms. The van der Waals surface area contributed by atoms with Crippen molar-refractivity contribution in [2.24, 2.45) is 5.92 Å². The van der Waals surface area contributed by atoms with Gasteiger partial charge in [-0.25, -0.2) is 4.98 Å². The summed E-state index contributed by atoms with van der Waals surface area (Å²) < 4.78 is 0. The molecule has 5 rings (SSSR count). The van der Waals surface area contributed by atoms with Gasteiger partial charge in [-0.2, -0.15) is 10.5 Å². The third-order valence-corrected chi connectivity index (χ3v) is 7.05. The SMILES string of the molecule is N#CN1[C@H]2CC[C@@H]1[C@H](NC(=O)C1CCN(c3cccc(C4(C#N)CC4)n3)C1)C2. The van der Waals surface area contributed by atoms with E-state index in [1.165, 1.54) is 0 Å². The van der Waals surface area contributed by atoms with Crippen LogP contribution in [0.15, 0.2) is 18.2 Å². The molecule has 1 aromatic rings. The Kier molecular flexibility index (Phi) is 3.94. The lowest BCUT2D eigenvalue weighted by molar-refractivity contribution is -0.125. The third-order valence-electron chi connectivity index (χ3n) is 7.05. The maximum atomic E-state index is 12.8. The van der Waals surface area contributed by atoms with Crippen LogP contribution < -0.4 is 10.2 Å². The van der Waals surface area contributed by atoms with Crippen LogP contribution in [-0.2, 0) is 10.2 Å². The molecule has 1 aliphatic carbocycles. The molecule has 1 aromatic heterocycles. The second-order valence-electron chi connectivity index (χ2n) is 8.66. The average Bonchev–Trinajstić information content (AvgIpc) is 3.06. The first kappa shape index (κ1) is 17.3. The Bertz CT molecular complexity index is 882. The average molecular weight is 376 g/mol. The van der Waals surface area contributed by atoms with E-state index < -0.39 is 0 Å². The third kappa shape index (κ3) is 2.69. The molecule has 1 amide bonds. The lowest BCUT2D eigenvalue weighted by Crippen LogP contribution is -2.46. The normalized spacial score (nSPS) is 32.1. The Morgan fingerprint density at radius 2 is 2.11 bits per heavy atom. The van der Waals surface area contributed by atoms with E-state index in [0.717, 1.165) is 56.6 Å². The van der Waals surface area contributed by atoms with Crippen molar-refractivity contribution in [2.75, 3.05) is 18.0 Å². The van der Waals surface area contributed by atoms with E-state index >= 15 is 0 Å². The van der Waals surface area contributed by atoms with Crippen molar-refractivity contribution in [3.05, 3.63) is 23.9 Å². The van der Waals surface area contributed by atoms with E-state index in [2.05, 4.69) is 22.5 Å². The number of hydrogen-bond acceptors (Lipinski definition) is 6. The second-order valence-corrected chi connectivity index (χ2v) is 8.66. The molecule has 4 aliphatic rings. The molecule has 2 bridgehead atoms. The van der Waals surface area contributed by atoms with Gasteiger partial charge in [0, 0.05) is 19.1 Å². The second kappa shape index (κ2) is 6.38. The smallest absolute Gasteiger partial charge is 0.225 e. The highest BCUT2D eigenvalue weighted by molar-refractivity contribution is 5.80. The highest BCUT2D eigenvalue weighted by Crippen LogP contribution is 2.47. The number of carbonyl (C=O) groups excluding carboxylic acids is 1. The molecule has 4 fully saturated rings. The molecule has 7 nitrogen and oxygen atoms in total. The number of fused-ring (bicyclic) bond motifs is 2. The zero-order chi connectivity index (χ0) is 19.3. The fourth-order valence-electron chi connectivity index (χ4n) is 5.20. The van der Waals surface area contributed by atoms with Crippen LogP contribution in [0.2, 0.25) is 0 Å². The maximum Gasteiger partial charge on any atom is 0.225 e. The Morgan fingerprint density at radius 3 is 2.82 bits per heavy atom. The fraction of sp³-hybridized carbons (Fsp3) is 0.619. The van der Waals surface area contributed by atoms with Gasteiger partial charge in [-0.3, -0.25) is 4.79 Å². The number of amides is 1. The van der Waals surface area contributed by atoms with Crippen molar-refractivity contribution in [2.45, 2.75) is 62.1 Å². The minimum Gasteiger partial charge on any atom is -0.356 e. The summed E-state index contributed by atoms with van der Waals surface area (Å²) in [5.41, 5.74) is 0.472. The first-order chi connectivity index (χ1) is 13.6. The molecule has 0 radical (unpaired) electrons. The summed E-state index contributed by atoms with van der Waals surface area (Å²) in [4.78, 5) is 21.6. The van der Waals surface area contributed by atoms with Crippen molar-refractivity contribution in [3.8, 4) is 12.3 Å². The van der Waals surface area contributed by atoms with Crippen LogP contribution in [0.3, 0.4) is 0 Å². The number of rotatable bonds is 4. The van der Waals surface area contributed by atoms with Gasteiger partial charge < -0.3 is 15.1 Å². The number of nitrogens with zero attached hydrogens (tertiary/aromatic N) is 5. The molecular weight excluding hydrogens is 352 g/mol. The predicted octanol–water partition coefficient (Wildman–Crippen LogP) is 1.67. The Hall–Kier alpha value is -2.80. The number of nitriles is 2. The number of anilines is 1. The monoisotopic (exact) mass is 376 g/mol. The molecule has 1 N–H and O–H groups in total. The van der Waals surface area contributed by atoms with Crippen molar-refractivity contribution in [1.82, 2.24) is 15.2 Å². The molecule has 28 heavy (non-hydrogen) atoms. The molecule has 1 saturated carbocycles. The minimum absolute atomic E-state index is 0.0500. The largest absolute Gasteiger partial charge is 0.356 e. The summed E-state index contributed by atoms with van der Waals surface area (Å²) >= 11 is 0. The van der Waals surface area contributed by atoms with Crippen molar-refractivity contribution in [1.29, 1.82) is 10.5 Å². The van der Waals surface area contributed by atoms with Crippen molar-refractivity contribution in [3.63, 3.8) is 0 Å². The number of pyridine rings is 1. The zero-order valence-corrected chi connectivity index (χ0v) is 15.8. The number of nitrogens with one attached hydrogen (secondary N) is 1. The standard InChI is InChI=1S/C21H24N6O/c22-12-21(7-8-21)18-2-1-3-19(25-18)26-9-6-14(11-26)20(28)24-16-10-15-4-5-17(16)27(15)13-23/h1-3,14-17H,4-11H2,(H,24,28)/t14?,15-,16+,17+/m0/s1. The maximum absolute atomic E-state index is 12.8. The molecule has 4 atom stereocenters. The van der Waals surface area contributed by atoms with Crippen LogP contribution in [0.5, 0.6) is 0 Å². The molecule has 144 valence electrons. The summed E-state index contributed by atoms with van der Waals surface area (Å²) in [7, 11) is 0. The van der Waals surface area contributed by atoms with E-state index in [9.17, 15) is 15.3 Å². The molecule has 4 heterocycles. The molecule has 3 saturated heterocycles. The zero-order valence-electron chi connectivity index (χ0n) is 15.8. The van der Waals surface area contributed by atoms with Crippen LogP contribution >= 0.6 is 0 Å². The van der Waals surface area contributed by atoms with Gasteiger partial charge >= 0.3 is 0 Å². The van der Waals surface area contributed by atoms with E-state index in [4.69, 9.17) is 4.98 Å². The lowest BCUT2D eigenvalue weighted by atomic mass is 9.95. The van der Waals surface area contributed by atoms with Crippen LogP contribution in [0.25, 0.3) is 0 Å². The van der Waals surface area contributed by atoms with Crippen LogP contribution in [0, 0.1) is 28.7 Å². The quantitative estimate of drug-likeness (QED) is 0.803. The van der Waals surface area contributed by atoms with E-state index in [1.807, 2.05) is 23.1 Å². The predicted molar refractivity (Wildman–Crippen MR) is 102 cm³/mol. The van der Waals surface area contributed by atoms with Gasteiger partial charge in [0.25, 0.3) is 0 Å². The van der Waals surface area contributed by atoms with Crippen LogP contribution in [-0.4, -0.2) is 47.0 Å². The lowest BCUT2D eigenvalue weighted by Gasteiger charge is -2.24. The van der Waals surface area contributed by atoms with Gasteiger partial charge in [-0.1, -0.05) is 6.07 Å². The van der Waals surface area contributed by atoms with E-state index in [0.29, 0.717) is 12.6 Å². The van der Waals surface area contributed by atoms with E-state index in [-0.39, 0.29) is 29.3 Å². The molecular formula is C21H24N6O. The number of hydrogen-bond donors (Lipinski definition) is 1.